The molecule has 0 aliphatic rings. The molecule has 1 amide bonds. The minimum atomic E-state index is -0.0434. The number of oxime groups is 1. The molecule has 5 heteroatoms. The third kappa shape index (κ3) is 4.13. The second-order valence-corrected chi connectivity index (χ2v) is 5.40. The lowest BCUT2D eigenvalue weighted by Gasteiger charge is -2.25. The predicted octanol–water partition coefficient (Wildman–Crippen LogP) is 3.51. The molecular formula is C19H22N2O3. The molecule has 24 heavy (non-hydrogen) atoms. The van der Waals surface area contributed by atoms with Gasteiger partial charge in [0, 0.05) is 12.6 Å². The summed E-state index contributed by atoms with van der Waals surface area (Å²) in [6, 6.07) is 14.9. The Hall–Kier alpha value is -2.82. The maximum atomic E-state index is 12.7. The molecule has 2 aromatic carbocycles. The summed E-state index contributed by atoms with van der Waals surface area (Å²) in [7, 11) is 4.93. The molecule has 0 aliphatic carbocycles. The maximum Gasteiger partial charge on any atom is 0.254 e. The van der Waals surface area contributed by atoms with Crippen molar-refractivity contribution in [2.45, 2.75) is 13.0 Å². The fourth-order valence-electron chi connectivity index (χ4n) is 2.31. The Morgan fingerprint density at radius 3 is 2.25 bits per heavy atom. The van der Waals surface area contributed by atoms with Crippen LogP contribution in [0, 0.1) is 0 Å². The fourth-order valence-corrected chi connectivity index (χ4v) is 2.31. The monoisotopic (exact) mass is 326 g/mol. The van der Waals surface area contributed by atoms with Gasteiger partial charge in [-0.3, -0.25) is 4.79 Å². The molecule has 0 spiro atoms. The van der Waals surface area contributed by atoms with E-state index in [-0.39, 0.29) is 11.9 Å². The Morgan fingerprint density at radius 1 is 1.08 bits per heavy atom. The van der Waals surface area contributed by atoms with E-state index in [2.05, 4.69) is 9.99 Å². The highest BCUT2D eigenvalue weighted by molar-refractivity contribution is 5.95. The van der Waals surface area contributed by atoms with Gasteiger partial charge in [-0.15, -0.1) is 0 Å². The van der Waals surface area contributed by atoms with E-state index < -0.39 is 0 Å². The topological polar surface area (TPSA) is 51.1 Å². The molecule has 0 fully saturated rings. The summed E-state index contributed by atoms with van der Waals surface area (Å²) in [5.74, 6) is 0.766. The Balaban J connectivity index is 2.11. The summed E-state index contributed by atoms with van der Waals surface area (Å²) in [4.78, 5) is 19.0. The minimum Gasteiger partial charge on any atom is -0.497 e. The zero-order valence-corrected chi connectivity index (χ0v) is 14.4. The Kier molecular flexibility index (Phi) is 5.95. The van der Waals surface area contributed by atoms with E-state index in [1.807, 2.05) is 43.3 Å². The standard InChI is InChI=1S/C19H22N2O3/c1-14(16-9-11-18(23-3)12-10-16)21(2)19(22)17-7-5-15(6-8-17)13-20-24-4/h5-14H,1-4H3/b20-13+. The lowest BCUT2D eigenvalue weighted by Crippen LogP contribution is -2.29. The number of rotatable bonds is 6. The summed E-state index contributed by atoms with van der Waals surface area (Å²) >= 11 is 0. The number of methoxy groups -OCH3 is 1. The SMILES string of the molecule is CO/N=C/c1ccc(C(=O)N(C)C(C)c2ccc(OC)cc2)cc1. The van der Waals surface area contributed by atoms with Crippen molar-refractivity contribution >= 4 is 12.1 Å². The van der Waals surface area contributed by atoms with Crippen LogP contribution >= 0.6 is 0 Å². The second kappa shape index (κ2) is 8.15. The first kappa shape index (κ1) is 17.5. The van der Waals surface area contributed by atoms with Crippen molar-refractivity contribution < 1.29 is 14.4 Å². The van der Waals surface area contributed by atoms with Crippen molar-refractivity contribution in [2.75, 3.05) is 21.3 Å². The number of nitrogens with zero attached hydrogens (tertiary/aromatic N) is 2. The highest BCUT2D eigenvalue weighted by Gasteiger charge is 2.18. The van der Waals surface area contributed by atoms with E-state index in [9.17, 15) is 4.79 Å². The number of carbonyl (C=O) groups is 1. The quantitative estimate of drug-likeness (QED) is 0.603. The van der Waals surface area contributed by atoms with Gasteiger partial charge in [-0.05, 0) is 42.3 Å². The van der Waals surface area contributed by atoms with Crippen LogP contribution in [0.2, 0.25) is 0 Å². The van der Waals surface area contributed by atoms with Crippen LogP contribution in [-0.4, -0.2) is 38.3 Å². The van der Waals surface area contributed by atoms with Gasteiger partial charge in [0.2, 0.25) is 0 Å². The van der Waals surface area contributed by atoms with Crippen molar-refractivity contribution in [1.82, 2.24) is 4.90 Å². The summed E-state index contributed by atoms with van der Waals surface area (Å²) in [5.41, 5.74) is 2.56. The van der Waals surface area contributed by atoms with Crippen molar-refractivity contribution in [1.29, 1.82) is 0 Å². The largest absolute Gasteiger partial charge is 0.497 e. The summed E-state index contributed by atoms with van der Waals surface area (Å²) in [6.45, 7) is 2.00. The van der Waals surface area contributed by atoms with Crippen LogP contribution in [0.4, 0.5) is 0 Å². The average molecular weight is 326 g/mol. The lowest BCUT2D eigenvalue weighted by molar-refractivity contribution is 0.0742. The zero-order chi connectivity index (χ0) is 17.5. The molecule has 1 unspecified atom stereocenters. The number of amides is 1. The van der Waals surface area contributed by atoms with E-state index in [0.717, 1.165) is 16.9 Å². The molecule has 0 aromatic heterocycles. The van der Waals surface area contributed by atoms with Crippen LogP contribution in [-0.2, 0) is 4.84 Å². The van der Waals surface area contributed by atoms with Gasteiger partial charge in [-0.1, -0.05) is 29.4 Å². The second-order valence-electron chi connectivity index (χ2n) is 5.40. The van der Waals surface area contributed by atoms with Crippen molar-refractivity contribution in [3.05, 3.63) is 65.2 Å². The van der Waals surface area contributed by atoms with Gasteiger partial charge < -0.3 is 14.5 Å². The van der Waals surface area contributed by atoms with Crippen LogP contribution in [0.15, 0.2) is 53.7 Å². The van der Waals surface area contributed by atoms with E-state index in [4.69, 9.17) is 4.74 Å². The van der Waals surface area contributed by atoms with Crippen LogP contribution in [0.5, 0.6) is 5.75 Å². The fraction of sp³-hybridized carbons (Fsp3) is 0.263. The molecular weight excluding hydrogens is 304 g/mol. The zero-order valence-electron chi connectivity index (χ0n) is 14.4. The first-order valence-corrected chi connectivity index (χ1v) is 7.64. The van der Waals surface area contributed by atoms with Crippen molar-refractivity contribution in [3.8, 4) is 5.75 Å². The summed E-state index contributed by atoms with van der Waals surface area (Å²) in [5, 5.41) is 3.70. The third-order valence-electron chi connectivity index (χ3n) is 3.96. The van der Waals surface area contributed by atoms with E-state index in [0.29, 0.717) is 5.56 Å². The number of hydrogen-bond acceptors (Lipinski definition) is 4. The average Bonchev–Trinajstić information content (AvgIpc) is 2.65. The number of benzene rings is 2. The third-order valence-corrected chi connectivity index (χ3v) is 3.96. The van der Waals surface area contributed by atoms with Gasteiger partial charge in [0.25, 0.3) is 5.91 Å². The molecule has 0 N–H and O–H groups in total. The molecule has 0 saturated carbocycles. The van der Waals surface area contributed by atoms with Gasteiger partial charge in [-0.2, -0.15) is 0 Å². The van der Waals surface area contributed by atoms with Crippen molar-refractivity contribution in [3.63, 3.8) is 0 Å². The molecule has 2 rings (SSSR count). The molecule has 0 aliphatic heterocycles. The van der Waals surface area contributed by atoms with Gasteiger partial charge in [0.1, 0.15) is 12.9 Å². The predicted molar refractivity (Wildman–Crippen MR) is 94.5 cm³/mol. The Labute approximate surface area is 142 Å². The van der Waals surface area contributed by atoms with Gasteiger partial charge in [0.05, 0.1) is 19.4 Å². The molecule has 0 radical (unpaired) electrons. The Bertz CT molecular complexity index is 694. The minimum absolute atomic E-state index is 0.0338. The van der Waals surface area contributed by atoms with E-state index in [1.54, 1.807) is 37.4 Å². The molecule has 1 atom stereocenters. The first-order valence-electron chi connectivity index (χ1n) is 7.64. The normalized spacial score (nSPS) is 12.0. The van der Waals surface area contributed by atoms with E-state index >= 15 is 0 Å². The van der Waals surface area contributed by atoms with Crippen LogP contribution in [0.3, 0.4) is 0 Å². The number of ether oxygens (including phenoxy) is 1. The van der Waals surface area contributed by atoms with Crippen LogP contribution in [0.25, 0.3) is 0 Å². The lowest BCUT2D eigenvalue weighted by atomic mass is 10.1. The maximum absolute atomic E-state index is 12.7. The molecule has 2 aromatic rings. The highest BCUT2D eigenvalue weighted by Crippen LogP contribution is 2.23. The van der Waals surface area contributed by atoms with Gasteiger partial charge in [0.15, 0.2) is 0 Å². The molecule has 126 valence electrons. The first-order chi connectivity index (χ1) is 11.6. The van der Waals surface area contributed by atoms with Crippen LogP contribution in [0.1, 0.15) is 34.5 Å². The molecule has 0 saturated heterocycles. The smallest absolute Gasteiger partial charge is 0.254 e. The molecule has 5 nitrogen and oxygen atoms in total. The molecule has 0 bridgehead atoms. The van der Waals surface area contributed by atoms with Gasteiger partial charge >= 0.3 is 0 Å². The Morgan fingerprint density at radius 2 is 1.71 bits per heavy atom. The van der Waals surface area contributed by atoms with Crippen LogP contribution < -0.4 is 4.74 Å². The highest BCUT2D eigenvalue weighted by atomic mass is 16.6. The van der Waals surface area contributed by atoms with Crippen molar-refractivity contribution in [2.24, 2.45) is 5.16 Å². The van der Waals surface area contributed by atoms with Gasteiger partial charge in [-0.25, -0.2) is 0 Å². The molecule has 0 heterocycles. The summed E-state index contributed by atoms with van der Waals surface area (Å²) in [6.07, 6.45) is 1.60. The number of hydrogen-bond donors (Lipinski definition) is 0. The number of carbonyl (C=O) groups excluding carboxylic acids is 1. The van der Waals surface area contributed by atoms with E-state index in [1.165, 1.54) is 7.11 Å². The summed E-state index contributed by atoms with van der Waals surface area (Å²) < 4.78 is 5.17.